The van der Waals surface area contributed by atoms with Crippen molar-refractivity contribution in [2.75, 3.05) is 18.1 Å². The van der Waals surface area contributed by atoms with Gasteiger partial charge in [-0.1, -0.05) is 42.5 Å². The number of carbonyl (C=O) groups excluding carboxylic acids is 1. The SMILES string of the molecule is CCN(C(=O)/C=C/c1cccc2ccccc12)C1CCS(=O)(=O)C1. The molecule has 5 heteroatoms. The van der Waals surface area contributed by atoms with Gasteiger partial charge in [0.15, 0.2) is 9.84 Å². The first-order chi connectivity index (χ1) is 11.5. The van der Waals surface area contributed by atoms with E-state index in [1.165, 1.54) is 0 Å². The molecule has 1 amide bonds. The third-order valence-corrected chi connectivity index (χ3v) is 6.25. The van der Waals surface area contributed by atoms with Crippen LogP contribution in [-0.2, 0) is 14.6 Å². The van der Waals surface area contributed by atoms with Crippen molar-refractivity contribution in [3.8, 4) is 0 Å². The van der Waals surface area contributed by atoms with E-state index in [0.29, 0.717) is 13.0 Å². The monoisotopic (exact) mass is 343 g/mol. The molecule has 126 valence electrons. The molecule has 1 fully saturated rings. The number of amides is 1. The minimum atomic E-state index is -3.00. The maximum Gasteiger partial charge on any atom is 0.246 e. The van der Waals surface area contributed by atoms with E-state index in [0.717, 1.165) is 16.3 Å². The third kappa shape index (κ3) is 3.51. The highest BCUT2D eigenvalue weighted by molar-refractivity contribution is 7.91. The van der Waals surface area contributed by atoms with Crippen LogP contribution in [0.1, 0.15) is 18.9 Å². The lowest BCUT2D eigenvalue weighted by Gasteiger charge is -2.25. The van der Waals surface area contributed by atoms with E-state index in [9.17, 15) is 13.2 Å². The molecule has 1 unspecified atom stereocenters. The first kappa shape index (κ1) is 16.7. The lowest BCUT2D eigenvalue weighted by molar-refractivity contribution is -0.127. The average molecular weight is 343 g/mol. The Morgan fingerprint density at radius 3 is 2.67 bits per heavy atom. The molecule has 3 rings (SSSR count). The highest BCUT2D eigenvalue weighted by Crippen LogP contribution is 2.21. The van der Waals surface area contributed by atoms with Crippen molar-refractivity contribution in [1.29, 1.82) is 0 Å². The first-order valence-corrected chi connectivity index (χ1v) is 9.99. The normalized spacial score (nSPS) is 19.8. The summed E-state index contributed by atoms with van der Waals surface area (Å²) in [6.45, 7) is 2.40. The van der Waals surface area contributed by atoms with E-state index in [-0.39, 0.29) is 23.5 Å². The standard InChI is InChI=1S/C19H21NO3S/c1-2-20(17-12-13-24(22,23)14-17)19(21)11-10-16-8-5-7-15-6-3-4-9-18(15)16/h3-11,17H,2,12-14H2,1H3/b11-10+. The van der Waals surface area contributed by atoms with E-state index in [1.807, 2.05) is 55.5 Å². The van der Waals surface area contributed by atoms with Gasteiger partial charge in [0.2, 0.25) is 5.91 Å². The number of rotatable bonds is 4. The van der Waals surface area contributed by atoms with E-state index in [1.54, 1.807) is 11.0 Å². The fourth-order valence-corrected chi connectivity index (χ4v) is 5.00. The molecule has 1 atom stereocenters. The molecule has 0 spiro atoms. The van der Waals surface area contributed by atoms with Crippen molar-refractivity contribution in [2.24, 2.45) is 0 Å². The van der Waals surface area contributed by atoms with Crippen LogP contribution in [0, 0.1) is 0 Å². The number of fused-ring (bicyclic) bond motifs is 1. The van der Waals surface area contributed by atoms with Crippen molar-refractivity contribution in [3.05, 3.63) is 54.1 Å². The lowest BCUT2D eigenvalue weighted by Crippen LogP contribution is -2.40. The van der Waals surface area contributed by atoms with Gasteiger partial charge in [-0.3, -0.25) is 4.79 Å². The van der Waals surface area contributed by atoms with Crippen LogP contribution in [0.5, 0.6) is 0 Å². The Morgan fingerprint density at radius 2 is 1.96 bits per heavy atom. The predicted octanol–water partition coefficient (Wildman–Crippen LogP) is 2.89. The topological polar surface area (TPSA) is 54.5 Å². The Balaban J connectivity index is 1.81. The minimum absolute atomic E-state index is 0.0781. The predicted molar refractivity (Wildman–Crippen MR) is 97.4 cm³/mol. The summed E-state index contributed by atoms with van der Waals surface area (Å²) >= 11 is 0. The van der Waals surface area contributed by atoms with Gasteiger partial charge in [0, 0.05) is 18.7 Å². The molecule has 2 aromatic rings. The van der Waals surface area contributed by atoms with Crippen LogP contribution in [0.15, 0.2) is 48.5 Å². The summed E-state index contributed by atoms with van der Waals surface area (Å²) in [5, 5.41) is 2.22. The first-order valence-electron chi connectivity index (χ1n) is 8.17. The van der Waals surface area contributed by atoms with Crippen molar-refractivity contribution in [2.45, 2.75) is 19.4 Å². The summed E-state index contributed by atoms with van der Waals surface area (Å²) in [5.41, 5.74) is 0.983. The van der Waals surface area contributed by atoms with Gasteiger partial charge in [0.25, 0.3) is 0 Å². The van der Waals surface area contributed by atoms with Crippen LogP contribution in [0.25, 0.3) is 16.8 Å². The number of sulfone groups is 1. The zero-order valence-corrected chi connectivity index (χ0v) is 14.5. The van der Waals surface area contributed by atoms with Gasteiger partial charge in [0.1, 0.15) is 0 Å². The molecule has 4 nitrogen and oxygen atoms in total. The quantitative estimate of drug-likeness (QED) is 0.802. The van der Waals surface area contributed by atoms with Gasteiger partial charge in [-0.2, -0.15) is 0 Å². The fraction of sp³-hybridized carbons (Fsp3) is 0.316. The van der Waals surface area contributed by atoms with Crippen LogP contribution in [0.4, 0.5) is 0 Å². The third-order valence-electron chi connectivity index (χ3n) is 4.50. The van der Waals surface area contributed by atoms with Gasteiger partial charge in [-0.15, -0.1) is 0 Å². The summed E-state index contributed by atoms with van der Waals surface area (Å²) in [6, 6.07) is 13.8. The lowest BCUT2D eigenvalue weighted by atomic mass is 10.0. The molecule has 1 aliphatic rings. The molecule has 24 heavy (non-hydrogen) atoms. The number of nitrogens with zero attached hydrogens (tertiary/aromatic N) is 1. The fourth-order valence-electron chi connectivity index (χ4n) is 3.27. The number of hydrogen-bond acceptors (Lipinski definition) is 3. The van der Waals surface area contributed by atoms with Crippen LogP contribution < -0.4 is 0 Å². The van der Waals surface area contributed by atoms with Gasteiger partial charge in [-0.05, 0) is 35.8 Å². The number of likely N-dealkylation sites (N-methyl/N-ethyl adjacent to an activating group) is 1. The van der Waals surface area contributed by atoms with E-state index >= 15 is 0 Å². The molecular weight excluding hydrogens is 322 g/mol. The summed E-state index contributed by atoms with van der Waals surface area (Å²) in [4.78, 5) is 14.2. The molecule has 1 saturated heterocycles. The molecule has 0 aromatic heterocycles. The Kier molecular flexibility index (Phi) is 4.71. The van der Waals surface area contributed by atoms with Crippen molar-refractivity contribution in [1.82, 2.24) is 4.90 Å². The van der Waals surface area contributed by atoms with Crippen LogP contribution >= 0.6 is 0 Å². The van der Waals surface area contributed by atoms with E-state index in [4.69, 9.17) is 0 Å². The van der Waals surface area contributed by atoms with Gasteiger partial charge >= 0.3 is 0 Å². The maximum absolute atomic E-state index is 12.5. The van der Waals surface area contributed by atoms with Crippen LogP contribution in [-0.4, -0.2) is 43.3 Å². The molecule has 2 aromatic carbocycles. The van der Waals surface area contributed by atoms with Crippen LogP contribution in [0.3, 0.4) is 0 Å². The Bertz CT molecular complexity index is 881. The summed E-state index contributed by atoms with van der Waals surface area (Å²) in [7, 11) is -3.00. The number of hydrogen-bond donors (Lipinski definition) is 0. The zero-order valence-electron chi connectivity index (χ0n) is 13.7. The molecular formula is C19H21NO3S. The van der Waals surface area contributed by atoms with Crippen LogP contribution in [0.2, 0.25) is 0 Å². The van der Waals surface area contributed by atoms with E-state index < -0.39 is 9.84 Å². The highest BCUT2D eigenvalue weighted by atomic mass is 32.2. The number of benzene rings is 2. The van der Waals surface area contributed by atoms with Crippen molar-refractivity contribution < 1.29 is 13.2 Å². The van der Waals surface area contributed by atoms with E-state index in [2.05, 4.69) is 0 Å². The second kappa shape index (κ2) is 6.77. The Labute approximate surface area is 142 Å². The summed E-state index contributed by atoms with van der Waals surface area (Å²) in [5.74, 6) is 0.121. The molecule has 0 N–H and O–H groups in total. The molecule has 0 aliphatic carbocycles. The second-order valence-electron chi connectivity index (χ2n) is 6.08. The second-order valence-corrected chi connectivity index (χ2v) is 8.31. The maximum atomic E-state index is 12.5. The molecule has 1 aliphatic heterocycles. The van der Waals surface area contributed by atoms with Gasteiger partial charge in [-0.25, -0.2) is 8.42 Å². The Morgan fingerprint density at radius 1 is 1.21 bits per heavy atom. The largest absolute Gasteiger partial charge is 0.335 e. The van der Waals surface area contributed by atoms with Gasteiger partial charge < -0.3 is 4.90 Å². The van der Waals surface area contributed by atoms with Crippen molar-refractivity contribution >= 4 is 32.6 Å². The molecule has 0 radical (unpaired) electrons. The Hall–Kier alpha value is -2.14. The summed E-state index contributed by atoms with van der Waals surface area (Å²) < 4.78 is 23.3. The molecule has 0 saturated carbocycles. The molecule has 0 bridgehead atoms. The van der Waals surface area contributed by atoms with Crippen molar-refractivity contribution in [3.63, 3.8) is 0 Å². The smallest absolute Gasteiger partial charge is 0.246 e. The summed E-state index contributed by atoms with van der Waals surface area (Å²) in [6.07, 6.45) is 3.90. The number of carbonyl (C=O) groups is 1. The minimum Gasteiger partial charge on any atom is -0.335 e. The van der Waals surface area contributed by atoms with Gasteiger partial charge in [0.05, 0.1) is 11.5 Å². The molecule has 1 heterocycles. The zero-order chi connectivity index (χ0) is 17.2. The highest BCUT2D eigenvalue weighted by Gasteiger charge is 2.33. The average Bonchev–Trinajstić information content (AvgIpc) is 2.93.